The van der Waals surface area contributed by atoms with E-state index in [1.165, 1.54) is 32.2 Å². The second kappa shape index (κ2) is 3.22. The molecule has 2 unspecified atom stereocenters. The number of hydrogen-bond acceptors (Lipinski definition) is 2. The average Bonchev–Trinajstić information content (AvgIpc) is 1.79. The molecule has 0 aromatic heterocycles. The van der Waals surface area contributed by atoms with E-state index in [0.717, 1.165) is 11.2 Å². The molecule has 0 bridgehead atoms. The molecule has 1 saturated carbocycles. The third-order valence-corrected chi connectivity index (χ3v) is 4.96. The van der Waals surface area contributed by atoms with Gasteiger partial charge in [0.25, 0.3) is 0 Å². The van der Waals surface area contributed by atoms with E-state index in [0.29, 0.717) is 4.87 Å². The Balaban J connectivity index is 1.97. The van der Waals surface area contributed by atoms with E-state index in [1.807, 2.05) is 0 Å². The molecular weight excluding hydrogens is 166 g/mol. The van der Waals surface area contributed by atoms with Gasteiger partial charge in [-0.25, -0.2) is 0 Å². The summed E-state index contributed by atoms with van der Waals surface area (Å²) in [4.78, 5) is 0.413. The Morgan fingerprint density at radius 2 is 2.08 bits per heavy atom. The molecule has 0 spiro atoms. The van der Waals surface area contributed by atoms with Crippen molar-refractivity contribution in [3.05, 3.63) is 0 Å². The Hall–Kier alpha value is 0.310. The summed E-state index contributed by atoms with van der Waals surface area (Å²) in [5.41, 5.74) is 0. The van der Waals surface area contributed by atoms with E-state index in [-0.39, 0.29) is 0 Å². The van der Waals surface area contributed by atoms with Crippen molar-refractivity contribution in [1.82, 2.24) is 5.32 Å². The van der Waals surface area contributed by atoms with E-state index in [9.17, 15) is 0 Å². The van der Waals surface area contributed by atoms with Gasteiger partial charge in [-0.15, -0.1) is 11.8 Å². The fourth-order valence-corrected chi connectivity index (χ4v) is 3.93. The first kappa shape index (κ1) is 8.89. The van der Waals surface area contributed by atoms with Crippen LogP contribution < -0.4 is 5.32 Å². The Bertz CT molecular complexity index is 167. The van der Waals surface area contributed by atoms with Crippen molar-refractivity contribution in [3.63, 3.8) is 0 Å². The fourth-order valence-electron chi connectivity index (χ4n) is 2.24. The summed E-state index contributed by atoms with van der Waals surface area (Å²) in [5.74, 6) is 0.949. The first-order valence-electron chi connectivity index (χ1n) is 5.13. The lowest BCUT2D eigenvalue weighted by Crippen LogP contribution is -2.52. The Labute approximate surface area is 79.7 Å². The largest absolute Gasteiger partial charge is 0.303 e. The van der Waals surface area contributed by atoms with Crippen LogP contribution in [0.4, 0.5) is 0 Å². The zero-order valence-corrected chi connectivity index (χ0v) is 8.91. The fraction of sp³-hybridized carbons (Fsp3) is 1.00. The summed E-state index contributed by atoms with van der Waals surface area (Å²) in [6, 6.07) is 0. The topological polar surface area (TPSA) is 12.0 Å². The summed E-state index contributed by atoms with van der Waals surface area (Å²) in [6.45, 7) is 5.99. The van der Waals surface area contributed by atoms with Gasteiger partial charge >= 0.3 is 0 Å². The van der Waals surface area contributed by atoms with Gasteiger partial charge in [-0.05, 0) is 38.6 Å². The van der Waals surface area contributed by atoms with Crippen LogP contribution in [0.3, 0.4) is 0 Å². The van der Waals surface area contributed by atoms with E-state index in [1.54, 1.807) is 0 Å². The highest BCUT2D eigenvalue weighted by atomic mass is 32.2. The van der Waals surface area contributed by atoms with Crippen LogP contribution in [0.1, 0.15) is 39.5 Å². The second-order valence-electron chi connectivity index (χ2n) is 4.38. The van der Waals surface area contributed by atoms with Crippen molar-refractivity contribution in [2.75, 3.05) is 6.54 Å². The van der Waals surface area contributed by atoms with Crippen LogP contribution in [-0.4, -0.2) is 16.7 Å². The molecule has 1 aliphatic heterocycles. The lowest BCUT2D eigenvalue weighted by atomic mass is 9.80. The molecular formula is C10H19NS. The highest BCUT2D eigenvalue weighted by Gasteiger charge is 2.40. The van der Waals surface area contributed by atoms with Crippen molar-refractivity contribution in [2.45, 2.75) is 49.7 Å². The average molecular weight is 185 g/mol. The zero-order valence-electron chi connectivity index (χ0n) is 8.10. The van der Waals surface area contributed by atoms with E-state index in [2.05, 4.69) is 30.9 Å². The zero-order chi connectivity index (χ0) is 8.60. The van der Waals surface area contributed by atoms with Gasteiger partial charge in [0, 0.05) is 5.25 Å². The van der Waals surface area contributed by atoms with E-state index < -0.39 is 0 Å². The molecule has 1 N–H and O–H groups in total. The quantitative estimate of drug-likeness (QED) is 0.674. The maximum atomic E-state index is 3.69. The highest BCUT2D eigenvalue weighted by Crippen LogP contribution is 2.46. The van der Waals surface area contributed by atoms with Crippen LogP contribution in [0.25, 0.3) is 0 Å². The van der Waals surface area contributed by atoms with Crippen molar-refractivity contribution < 1.29 is 0 Å². The van der Waals surface area contributed by atoms with Crippen molar-refractivity contribution in [2.24, 2.45) is 5.92 Å². The smallest absolute Gasteiger partial charge is 0.0647 e. The summed E-state index contributed by atoms with van der Waals surface area (Å²) in [5, 5.41) is 4.55. The predicted octanol–water partition coefficient (Wildman–Crippen LogP) is 2.62. The number of rotatable bonds is 1. The second-order valence-corrected chi connectivity index (χ2v) is 6.27. The molecule has 70 valence electrons. The molecule has 12 heavy (non-hydrogen) atoms. The minimum Gasteiger partial charge on any atom is -0.303 e. The van der Waals surface area contributed by atoms with E-state index in [4.69, 9.17) is 0 Å². The summed E-state index contributed by atoms with van der Waals surface area (Å²) >= 11 is 2.16. The minimum atomic E-state index is 0.413. The summed E-state index contributed by atoms with van der Waals surface area (Å²) < 4.78 is 0. The Kier molecular flexibility index (Phi) is 2.39. The maximum absolute atomic E-state index is 3.69. The molecule has 1 saturated heterocycles. The Morgan fingerprint density at radius 3 is 2.58 bits per heavy atom. The van der Waals surface area contributed by atoms with Crippen molar-refractivity contribution in [1.29, 1.82) is 0 Å². The molecule has 1 aliphatic carbocycles. The van der Waals surface area contributed by atoms with Gasteiger partial charge in [0.1, 0.15) is 0 Å². The molecule has 2 aliphatic rings. The lowest BCUT2D eigenvalue weighted by Gasteiger charge is -2.47. The van der Waals surface area contributed by atoms with Gasteiger partial charge in [-0.2, -0.15) is 0 Å². The first-order valence-corrected chi connectivity index (χ1v) is 6.01. The van der Waals surface area contributed by atoms with Gasteiger partial charge in [-0.3, -0.25) is 0 Å². The van der Waals surface area contributed by atoms with Crippen molar-refractivity contribution in [3.8, 4) is 0 Å². The monoisotopic (exact) mass is 185 g/mol. The van der Waals surface area contributed by atoms with Crippen LogP contribution in [0.2, 0.25) is 0 Å². The van der Waals surface area contributed by atoms with E-state index >= 15 is 0 Å². The molecule has 1 heterocycles. The molecule has 0 aromatic carbocycles. The Morgan fingerprint density at radius 1 is 1.33 bits per heavy atom. The molecule has 2 fully saturated rings. The van der Waals surface area contributed by atoms with Crippen LogP contribution in [0, 0.1) is 5.92 Å². The maximum Gasteiger partial charge on any atom is 0.0647 e. The van der Waals surface area contributed by atoms with Crippen LogP contribution >= 0.6 is 11.8 Å². The van der Waals surface area contributed by atoms with Crippen LogP contribution in [-0.2, 0) is 0 Å². The molecule has 1 nitrogen and oxygen atoms in total. The molecule has 2 rings (SSSR count). The minimum absolute atomic E-state index is 0.413. The van der Waals surface area contributed by atoms with Crippen LogP contribution in [0.5, 0.6) is 0 Å². The predicted molar refractivity (Wildman–Crippen MR) is 55.4 cm³/mol. The van der Waals surface area contributed by atoms with Gasteiger partial charge < -0.3 is 5.32 Å². The van der Waals surface area contributed by atoms with Gasteiger partial charge in [0.05, 0.1) is 4.87 Å². The third-order valence-electron chi connectivity index (χ3n) is 3.36. The highest BCUT2D eigenvalue weighted by molar-refractivity contribution is 8.01. The molecule has 2 atom stereocenters. The SMILES string of the molecule is CC1CCNC(C)(C2CCC2)S1. The van der Waals surface area contributed by atoms with Crippen molar-refractivity contribution >= 4 is 11.8 Å². The third kappa shape index (κ3) is 1.51. The number of hydrogen-bond donors (Lipinski definition) is 1. The summed E-state index contributed by atoms with van der Waals surface area (Å²) in [6.07, 6.45) is 5.69. The van der Waals surface area contributed by atoms with Crippen LogP contribution in [0.15, 0.2) is 0 Å². The lowest BCUT2D eigenvalue weighted by molar-refractivity contribution is 0.211. The van der Waals surface area contributed by atoms with Gasteiger partial charge in [0.15, 0.2) is 0 Å². The first-order chi connectivity index (χ1) is 5.71. The van der Waals surface area contributed by atoms with Gasteiger partial charge in [-0.1, -0.05) is 13.3 Å². The van der Waals surface area contributed by atoms with Gasteiger partial charge in [0.2, 0.25) is 0 Å². The standard InChI is InChI=1S/C10H19NS/c1-8-6-7-11-10(2,12-8)9-4-3-5-9/h8-9,11H,3-7H2,1-2H3. The number of thioether (sulfide) groups is 1. The molecule has 0 amide bonds. The number of nitrogens with one attached hydrogen (secondary N) is 1. The molecule has 0 aromatic rings. The molecule has 2 heteroatoms. The normalized spacial score (nSPS) is 44.0. The summed E-state index contributed by atoms with van der Waals surface area (Å²) in [7, 11) is 0. The molecule has 0 radical (unpaired) electrons.